The second-order valence-corrected chi connectivity index (χ2v) is 6.87. The van der Waals surface area contributed by atoms with Crippen LogP contribution in [0.4, 0.5) is 4.79 Å². The molecule has 4 rings (SSSR count). The lowest BCUT2D eigenvalue weighted by atomic mass is 10.3. The van der Waals surface area contributed by atoms with E-state index in [0.717, 1.165) is 11.1 Å². The number of carbonyl (C=O) groups is 2. The molecule has 1 aromatic carbocycles. The summed E-state index contributed by atoms with van der Waals surface area (Å²) in [4.78, 5) is 32.4. The van der Waals surface area contributed by atoms with E-state index in [1.54, 1.807) is 23.0 Å². The van der Waals surface area contributed by atoms with Crippen LogP contribution in [0.5, 0.6) is 0 Å². The Hall–Kier alpha value is -3.66. The molecule has 2 N–H and O–H groups in total. The van der Waals surface area contributed by atoms with Crippen LogP contribution in [0.25, 0.3) is 16.7 Å². The molecule has 0 fully saturated rings. The van der Waals surface area contributed by atoms with Gasteiger partial charge in [-0.1, -0.05) is 30.0 Å². The van der Waals surface area contributed by atoms with Gasteiger partial charge in [-0.3, -0.25) is 10.1 Å². The Bertz CT molecular complexity index is 1130. The van der Waals surface area contributed by atoms with Crippen LogP contribution in [0, 0.1) is 0 Å². The number of nitrogens with one attached hydrogen (secondary N) is 2. The van der Waals surface area contributed by atoms with Gasteiger partial charge in [0.1, 0.15) is 17.1 Å². The molecule has 0 spiro atoms. The Kier molecular flexibility index (Phi) is 5.52. The lowest BCUT2D eigenvalue weighted by Gasteiger charge is -2.06. The van der Waals surface area contributed by atoms with E-state index in [4.69, 9.17) is 4.42 Å². The second-order valence-electron chi connectivity index (χ2n) is 5.91. The fourth-order valence-corrected chi connectivity index (χ4v) is 3.38. The van der Waals surface area contributed by atoms with Gasteiger partial charge in [-0.15, -0.1) is 0 Å². The number of imide groups is 1. The van der Waals surface area contributed by atoms with Gasteiger partial charge >= 0.3 is 6.03 Å². The van der Waals surface area contributed by atoms with E-state index < -0.39 is 11.9 Å². The zero-order valence-corrected chi connectivity index (χ0v) is 15.9. The largest absolute Gasteiger partial charge is 0.467 e. The zero-order valence-electron chi connectivity index (χ0n) is 15.1. The van der Waals surface area contributed by atoms with Gasteiger partial charge in [-0.2, -0.15) is 5.10 Å². The number of rotatable bonds is 6. The minimum atomic E-state index is -0.586. The van der Waals surface area contributed by atoms with Crippen LogP contribution in [-0.2, 0) is 11.3 Å². The van der Waals surface area contributed by atoms with Gasteiger partial charge in [0.25, 0.3) is 0 Å². The molecule has 10 heteroatoms. The lowest BCUT2D eigenvalue weighted by Crippen LogP contribution is -2.39. The Morgan fingerprint density at radius 3 is 2.76 bits per heavy atom. The first kappa shape index (κ1) is 18.7. The normalized spacial score (nSPS) is 10.8. The number of para-hydroxylation sites is 1. The molecule has 9 nitrogen and oxygen atoms in total. The number of urea groups is 1. The first-order valence-electron chi connectivity index (χ1n) is 8.68. The monoisotopic (exact) mass is 408 g/mol. The van der Waals surface area contributed by atoms with E-state index in [2.05, 4.69) is 25.7 Å². The van der Waals surface area contributed by atoms with Gasteiger partial charge < -0.3 is 9.73 Å². The van der Waals surface area contributed by atoms with Crippen molar-refractivity contribution in [3.63, 3.8) is 0 Å². The third kappa shape index (κ3) is 4.43. The highest BCUT2D eigenvalue weighted by atomic mass is 32.2. The van der Waals surface area contributed by atoms with Gasteiger partial charge in [-0.05, 0) is 24.3 Å². The molecule has 0 radical (unpaired) electrons. The summed E-state index contributed by atoms with van der Waals surface area (Å²) in [6, 6.07) is 12.5. The number of amides is 3. The van der Waals surface area contributed by atoms with E-state index in [1.807, 2.05) is 30.3 Å². The van der Waals surface area contributed by atoms with Gasteiger partial charge in [0.05, 0.1) is 35.8 Å². The second kappa shape index (κ2) is 8.57. The van der Waals surface area contributed by atoms with Crippen LogP contribution in [0.2, 0.25) is 0 Å². The van der Waals surface area contributed by atoms with Gasteiger partial charge in [0, 0.05) is 0 Å². The topological polar surface area (TPSA) is 115 Å². The minimum absolute atomic E-state index is 0.0246. The van der Waals surface area contributed by atoms with Crippen molar-refractivity contribution < 1.29 is 14.0 Å². The number of hydrogen-bond donors (Lipinski definition) is 2. The summed E-state index contributed by atoms with van der Waals surface area (Å²) in [5.41, 5.74) is 1.52. The SMILES string of the molecule is O=C(CSc1ncnc2c1cnn2-c1ccccc1)NC(=O)NCc1ccco1. The molecule has 0 saturated carbocycles. The predicted molar refractivity (Wildman–Crippen MR) is 106 cm³/mol. The number of benzene rings is 1. The van der Waals surface area contributed by atoms with E-state index in [1.165, 1.54) is 24.4 Å². The van der Waals surface area contributed by atoms with E-state index in [-0.39, 0.29) is 12.3 Å². The number of nitrogens with zero attached hydrogens (tertiary/aromatic N) is 4. The van der Waals surface area contributed by atoms with Crippen molar-refractivity contribution in [2.24, 2.45) is 0 Å². The Labute approximate surface area is 169 Å². The highest BCUT2D eigenvalue weighted by Crippen LogP contribution is 2.25. The molecular weight excluding hydrogens is 392 g/mol. The first-order valence-corrected chi connectivity index (χ1v) is 9.66. The maximum Gasteiger partial charge on any atom is 0.321 e. The summed E-state index contributed by atoms with van der Waals surface area (Å²) in [5, 5.41) is 10.6. The predicted octanol–water partition coefficient (Wildman–Crippen LogP) is 2.53. The number of fused-ring (bicyclic) bond motifs is 1. The number of aromatic nitrogens is 4. The summed E-state index contributed by atoms with van der Waals surface area (Å²) in [5.74, 6) is 0.187. The summed E-state index contributed by atoms with van der Waals surface area (Å²) >= 11 is 1.21. The molecule has 0 unspecified atom stereocenters. The smallest absolute Gasteiger partial charge is 0.321 e. The molecule has 0 bridgehead atoms. The number of carbonyl (C=O) groups excluding carboxylic acids is 2. The van der Waals surface area contributed by atoms with Crippen LogP contribution < -0.4 is 10.6 Å². The molecule has 0 saturated heterocycles. The van der Waals surface area contributed by atoms with E-state index in [0.29, 0.717) is 16.4 Å². The molecular formula is C19H16N6O3S. The first-order chi connectivity index (χ1) is 14.2. The minimum Gasteiger partial charge on any atom is -0.467 e. The summed E-state index contributed by atoms with van der Waals surface area (Å²) in [6.45, 7) is 0.199. The Balaban J connectivity index is 1.37. The van der Waals surface area contributed by atoms with Crippen molar-refractivity contribution in [1.82, 2.24) is 30.4 Å². The summed E-state index contributed by atoms with van der Waals surface area (Å²) in [7, 11) is 0. The highest BCUT2D eigenvalue weighted by Gasteiger charge is 2.14. The molecule has 0 aliphatic rings. The molecule has 4 aromatic rings. The van der Waals surface area contributed by atoms with E-state index >= 15 is 0 Å². The van der Waals surface area contributed by atoms with Crippen LogP contribution in [0.15, 0.2) is 70.7 Å². The number of hydrogen-bond acceptors (Lipinski definition) is 7. The van der Waals surface area contributed by atoms with Gasteiger partial charge in [0.15, 0.2) is 5.65 Å². The molecule has 29 heavy (non-hydrogen) atoms. The fourth-order valence-electron chi connectivity index (χ4n) is 2.62. The molecule has 146 valence electrons. The van der Waals surface area contributed by atoms with Crippen LogP contribution >= 0.6 is 11.8 Å². The highest BCUT2D eigenvalue weighted by molar-refractivity contribution is 8.00. The molecule has 3 amide bonds. The average Bonchev–Trinajstić information content (AvgIpc) is 3.41. The number of thioether (sulfide) groups is 1. The molecule has 0 atom stereocenters. The molecule has 0 aliphatic heterocycles. The number of furan rings is 1. The summed E-state index contributed by atoms with van der Waals surface area (Å²) in [6.07, 6.45) is 4.61. The quantitative estimate of drug-likeness (QED) is 0.372. The van der Waals surface area contributed by atoms with Crippen molar-refractivity contribution in [1.29, 1.82) is 0 Å². The third-order valence-corrected chi connectivity index (χ3v) is 4.93. The van der Waals surface area contributed by atoms with E-state index in [9.17, 15) is 9.59 Å². The van der Waals surface area contributed by atoms with Crippen molar-refractivity contribution in [3.8, 4) is 5.69 Å². The maximum absolute atomic E-state index is 12.1. The van der Waals surface area contributed by atoms with Crippen LogP contribution in [0.3, 0.4) is 0 Å². The van der Waals surface area contributed by atoms with Crippen molar-refractivity contribution >= 4 is 34.7 Å². The zero-order chi connectivity index (χ0) is 20.1. The summed E-state index contributed by atoms with van der Waals surface area (Å²) < 4.78 is 6.83. The van der Waals surface area contributed by atoms with Crippen LogP contribution in [-0.4, -0.2) is 37.4 Å². The molecule has 0 aliphatic carbocycles. The van der Waals surface area contributed by atoms with Crippen LogP contribution in [0.1, 0.15) is 5.76 Å². The lowest BCUT2D eigenvalue weighted by molar-refractivity contribution is -0.117. The Morgan fingerprint density at radius 1 is 1.10 bits per heavy atom. The molecule has 3 aromatic heterocycles. The standard InChI is InChI=1S/C19H16N6O3S/c26-16(24-19(27)20-9-14-7-4-8-28-14)11-29-18-15-10-23-25(17(15)21-12-22-18)13-5-2-1-3-6-13/h1-8,10,12H,9,11H2,(H2,20,24,26,27). The van der Waals surface area contributed by atoms with Crippen molar-refractivity contribution in [2.45, 2.75) is 11.6 Å². The third-order valence-electron chi connectivity index (χ3n) is 3.93. The van der Waals surface area contributed by atoms with Crippen molar-refractivity contribution in [2.75, 3.05) is 5.75 Å². The average molecular weight is 408 g/mol. The Morgan fingerprint density at radius 2 is 1.97 bits per heavy atom. The van der Waals surface area contributed by atoms with Gasteiger partial charge in [-0.25, -0.2) is 19.4 Å². The fraction of sp³-hybridized carbons (Fsp3) is 0.105. The molecule has 3 heterocycles. The van der Waals surface area contributed by atoms with Gasteiger partial charge in [0.2, 0.25) is 5.91 Å². The maximum atomic E-state index is 12.1. The van der Waals surface area contributed by atoms with Crippen molar-refractivity contribution in [3.05, 3.63) is 67.0 Å².